The minimum atomic E-state index is -0.0608. The van der Waals surface area contributed by atoms with Crippen LogP contribution in [0.25, 0.3) is 11.4 Å². The summed E-state index contributed by atoms with van der Waals surface area (Å²) in [5.74, 6) is 0.274. The van der Waals surface area contributed by atoms with Crippen molar-refractivity contribution in [2.24, 2.45) is 0 Å². The lowest BCUT2D eigenvalue weighted by molar-refractivity contribution is 0.108. The maximum Gasteiger partial charge on any atom is 0.291 e. The van der Waals surface area contributed by atoms with Gasteiger partial charge in [-0.3, -0.25) is 4.79 Å². The van der Waals surface area contributed by atoms with Gasteiger partial charge in [0, 0.05) is 5.56 Å². The lowest BCUT2D eigenvalue weighted by Crippen LogP contribution is -1.82. The van der Waals surface area contributed by atoms with Gasteiger partial charge in [0.05, 0.1) is 11.6 Å². The first-order chi connectivity index (χ1) is 7.33. The number of carbonyl (C=O) groups is 1. The molecule has 0 saturated heterocycles. The van der Waals surface area contributed by atoms with Crippen LogP contribution in [0.2, 0.25) is 0 Å². The predicted molar refractivity (Wildman–Crippen MR) is 49.8 cm³/mol. The summed E-state index contributed by atoms with van der Waals surface area (Å²) in [6, 6.07) is 8.68. The lowest BCUT2D eigenvalue weighted by Gasteiger charge is -1.92. The third-order valence-electron chi connectivity index (χ3n) is 1.81. The van der Waals surface area contributed by atoms with Crippen LogP contribution in [0.15, 0.2) is 28.8 Å². The monoisotopic (exact) mass is 199 g/mol. The highest BCUT2D eigenvalue weighted by Crippen LogP contribution is 2.15. The van der Waals surface area contributed by atoms with Gasteiger partial charge in [0.25, 0.3) is 5.89 Å². The molecule has 0 bridgehead atoms. The molecule has 2 aromatic rings. The second-order valence-corrected chi connectivity index (χ2v) is 2.76. The fraction of sp³-hybridized carbons (Fsp3) is 0. The number of aldehydes is 1. The highest BCUT2D eigenvalue weighted by atomic mass is 16.5. The lowest BCUT2D eigenvalue weighted by atomic mass is 10.1. The van der Waals surface area contributed by atoms with Crippen LogP contribution in [-0.2, 0) is 0 Å². The number of rotatable bonds is 2. The smallest absolute Gasteiger partial charge is 0.291 e. The number of nitrogens with zero attached hydrogens (tertiary/aromatic N) is 3. The van der Waals surface area contributed by atoms with E-state index in [1.165, 1.54) is 0 Å². The maximum absolute atomic E-state index is 10.3. The Morgan fingerprint density at radius 2 is 2.07 bits per heavy atom. The van der Waals surface area contributed by atoms with E-state index < -0.39 is 0 Å². The van der Waals surface area contributed by atoms with Gasteiger partial charge in [-0.05, 0) is 24.3 Å². The SMILES string of the molecule is N#Cc1ccc(-c2noc(C=O)n2)cc1. The van der Waals surface area contributed by atoms with Crippen molar-refractivity contribution in [3.05, 3.63) is 35.7 Å². The Balaban J connectivity index is 2.37. The van der Waals surface area contributed by atoms with E-state index in [4.69, 9.17) is 5.26 Å². The fourth-order valence-electron chi connectivity index (χ4n) is 1.09. The molecule has 1 aromatic carbocycles. The second kappa shape index (κ2) is 3.72. The first-order valence-corrected chi connectivity index (χ1v) is 4.13. The van der Waals surface area contributed by atoms with E-state index in [0.717, 1.165) is 0 Å². The van der Waals surface area contributed by atoms with Gasteiger partial charge in [-0.1, -0.05) is 5.16 Å². The molecular weight excluding hydrogens is 194 g/mol. The summed E-state index contributed by atoms with van der Waals surface area (Å²) in [4.78, 5) is 14.1. The van der Waals surface area contributed by atoms with E-state index in [-0.39, 0.29) is 5.89 Å². The van der Waals surface area contributed by atoms with Crippen LogP contribution < -0.4 is 0 Å². The van der Waals surface area contributed by atoms with E-state index in [9.17, 15) is 4.79 Å². The quantitative estimate of drug-likeness (QED) is 0.683. The molecule has 72 valence electrons. The number of carbonyl (C=O) groups excluding carboxylic acids is 1. The van der Waals surface area contributed by atoms with Gasteiger partial charge in [0.2, 0.25) is 12.1 Å². The van der Waals surface area contributed by atoms with Crippen LogP contribution in [0.3, 0.4) is 0 Å². The largest absolute Gasteiger partial charge is 0.331 e. The summed E-state index contributed by atoms with van der Waals surface area (Å²) >= 11 is 0. The second-order valence-electron chi connectivity index (χ2n) is 2.76. The van der Waals surface area contributed by atoms with E-state index in [1.807, 2.05) is 6.07 Å². The Labute approximate surface area is 85.0 Å². The third kappa shape index (κ3) is 1.74. The molecule has 0 aliphatic heterocycles. The molecule has 0 radical (unpaired) electrons. The fourth-order valence-corrected chi connectivity index (χ4v) is 1.09. The Kier molecular flexibility index (Phi) is 2.25. The molecule has 1 aromatic heterocycles. The van der Waals surface area contributed by atoms with Gasteiger partial charge in [-0.15, -0.1) is 0 Å². The van der Waals surface area contributed by atoms with Crippen LogP contribution in [0.1, 0.15) is 16.2 Å². The first-order valence-electron chi connectivity index (χ1n) is 4.13. The molecule has 0 N–H and O–H groups in total. The van der Waals surface area contributed by atoms with E-state index in [1.54, 1.807) is 24.3 Å². The molecule has 0 atom stereocenters. The highest BCUT2D eigenvalue weighted by molar-refractivity contribution is 5.69. The Bertz CT molecular complexity index is 522. The van der Waals surface area contributed by atoms with Crippen LogP contribution in [0.4, 0.5) is 0 Å². The molecule has 0 spiro atoms. The van der Waals surface area contributed by atoms with E-state index in [0.29, 0.717) is 23.2 Å². The molecule has 0 unspecified atom stereocenters. The van der Waals surface area contributed by atoms with Crippen molar-refractivity contribution in [1.82, 2.24) is 10.1 Å². The molecule has 0 aliphatic rings. The highest BCUT2D eigenvalue weighted by Gasteiger charge is 2.06. The maximum atomic E-state index is 10.3. The normalized spacial score (nSPS) is 9.53. The topological polar surface area (TPSA) is 79.8 Å². The van der Waals surface area contributed by atoms with Crippen molar-refractivity contribution in [3.8, 4) is 17.5 Å². The van der Waals surface area contributed by atoms with Crippen molar-refractivity contribution in [3.63, 3.8) is 0 Å². The van der Waals surface area contributed by atoms with Crippen LogP contribution >= 0.6 is 0 Å². The van der Waals surface area contributed by atoms with Gasteiger partial charge in [0.1, 0.15) is 0 Å². The Morgan fingerprint density at radius 1 is 1.33 bits per heavy atom. The average molecular weight is 199 g/mol. The zero-order chi connectivity index (χ0) is 10.7. The third-order valence-corrected chi connectivity index (χ3v) is 1.81. The minimum Gasteiger partial charge on any atom is -0.331 e. The number of hydrogen-bond acceptors (Lipinski definition) is 5. The van der Waals surface area contributed by atoms with Gasteiger partial charge in [0.15, 0.2) is 0 Å². The summed E-state index contributed by atoms with van der Waals surface area (Å²) in [5, 5.41) is 12.2. The zero-order valence-corrected chi connectivity index (χ0v) is 7.54. The van der Waals surface area contributed by atoms with Crippen molar-refractivity contribution in [2.45, 2.75) is 0 Å². The summed E-state index contributed by atoms with van der Waals surface area (Å²) in [6.45, 7) is 0. The van der Waals surface area contributed by atoms with Gasteiger partial charge >= 0.3 is 0 Å². The number of aromatic nitrogens is 2. The molecule has 0 amide bonds. The molecule has 0 fully saturated rings. The Morgan fingerprint density at radius 3 is 2.60 bits per heavy atom. The van der Waals surface area contributed by atoms with Crippen molar-refractivity contribution >= 4 is 6.29 Å². The summed E-state index contributed by atoms with van der Waals surface area (Å²) in [7, 11) is 0. The summed E-state index contributed by atoms with van der Waals surface area (Å²) in [5.41, 5.74) is 1.25. The van der Waals surface area contributed by atoms with Crippen LogP contribution in [-0.4, -0.2) is 16.4 Å². The molecule has 0 aliphatic carbocycles. The number of benzene rings is 1. The van der Waals surface area contributed by atoms with Crippen molar-refractivity contribution < 1.29 is 9.32 Å². The number of nitriles is 1. The summed E-state index contributed by atoms with van der Waals surface area (Å²) < 4.78 is 4.63. The molecule has 15 heavy (non-hydrogen) atoms. The Hall–Kier alpha value is -2.48. The zero-order valence-electron chi connectivity index (χ0n) is 7.54. The van der Waals surface area contributed by atoms with Crippen molar-refractivity contribution in [2.75, 3.05) is 0 Å². The first kappa shape index (κ1) is 9.09. The number of hydrogen-bond donors (Lipinski definition) is 0. The van der Waals surface area contributed by atoms with E-state index in [2.05, 4.69) is 14.7 Å². The predicted octanol–water partition coefficient (Wildman–Crippen LogP) is 1.42. The molecule has 2 rings (SSSR count). The molecule has 5 nitrogen and oxygen atoms in total. The van der Waals surface area contributed by atoms with E-state index >= 15 is 0 Å². The standard InChI is InChI=1S/C10H5N3O2/c11-5-7-1-3-8(4-2-7)10-12-9(6-14)15-13-10/h1-4,6H. The molecule has 1 heterocycles. The van der Waals surface area contributed by atoms with Gasteiger partial charge in [-0.25, -0.2) is 0 Å². The molecule has 5 heteroatoms. The van der Waals surface area contributed by atoms with Crippen molar-refractivity contribution in [1.29, 1.82) is 5.26 Å². The molecular formula is C10H5N3O2. The molecule has 0 saturated carbocycles. The van der Waals surface area contributed by atoms with Gasteiger partial charge in [-0.2, -0.15) is 10.2 Å². The van der Waals surface area contributed by atoms with Crippen LogP contribution in [0.5, 0.6) is 0 Å². The average Bonchev–Trinajstić information content (AvgIpc) is 2.78. The van der Waals surface area contributed by atoms with Crippen LogP contribution in [0, 0.1) is 11.3 Å². The van der Waals surface area contributed by atoms with Gasteiger partial charge < -0.3 is 4.52 Å². The minimum absolute atomic E-state index is 0.0608. The summed E-state index contributed by atoms with van der Waals surface area (Å²) in [6.07, 6.45) is 0.486.